The summed E-state index contributed by atoms with van der Waals surface area (Å²) in [5.41, 5.74) is 0.732. The van der Waals surface area contributed by atoms with E-state index in [1.807, 2.05) is 13.8 Å². The van der Waals surface area contributed by atoms with E-state index in [1.54, 1.807) is 0 Å². The van der Waals surface area contributed by atoms with Crippen molar-refractivity contribution in [3.8, 4) is 0 Å². The Hall–Kier alpha value is -0.310. The first-order valence-corrected chi connectivity index (χ1v) is 5.19. The van der Waals surface area contributed by atoms with E-state index in [0.29, 0.717) is 5.02 Å². The van der Waals surface area contributed by atoms with Crippen LogP contribution in [-0.4, -0.2) is 6.54 Å². The third-order valence-corrected chi connectivity index (χ3v) is 2.63. The molecule has 1 aromatic rings. The molecule has 0 saturated carbocycles. The van der Waals surface area contributed by atoms with E-state index in [4.69, 9.17) is 23.2 Å². The molecule has 0 radical (unpaired) electrons. The van der Waals surface area contributed by atoms with Crippen molar-refractivity contribution in [3.05, 3.63) is 33.6 Å². The third kappa shape index (κ3) is 2.59. The second-order valence-corrected chi connectivity index (χ2v) is 3.88. The van der Waals surface area contributed by atoms with Crippen molar-refractivity contribution in [2.24, 2.45) is 0 Å². The summed E-state index contributed by atoms with van der Waals surface area (Å²) in [5.74, 6) is -0.434. The Labute approximate surface area is 93.2 Å². The Balaban J connectivity index is 3.02. The first-order valence-electron chi connectivity index (χ1n) is 4.44. The predicted octanol–water partition coefficient (Wildman–Crippen LogP) is 3.80. The van der Waals surface area contributed by atoms with Crippen LogP contribution in [0.1, 0.15) is 25.5 Å². The number of nitrogens with one attached hydrogen (secondary N) is 1. The normalized spacial score (nSPS) is 12.9. The van der Waals surface area contributed by atoms with Crippen LogP contribution in [0.4, 0.5) is 4.39 Å². The molecule has 1 N–H and O–H groups in total. The van der Waals surface area contributed by atoms with Gasteiger partial charge in [0.25, 0.3) is 0 Å². The zero-order valence-electron chi connectivity index (χ0n) is 8.07. The van der Waals surface area contributed by atoms with Gasteiger partial charge in [0.15, 0.2) is 0 Å². The fourth-order valence-electron chi connectivity index (χ4n) is 1.29. The zero-order valence-corrected chi connectivity index (χ0v) is 9.58. The number of hydrogen-bond donors (Lipinski definition) is 1. The molecule has 78 valence electrons. The minimum absolute atomic E-state index is 0.0271. The number of hydrogen-bond acceptors (Lipinski definition) is 1. The molecule has 0 heterocycles. The molecule has 1 unspecified atom stereocenters. The van der Waals surface area contributed by atoms with Crippen LogP contribution in [-0.2, 0) is 0 Å². The summed E-state index contributed by atoms with van der Waals surface area (Å²) in [6.07, 6.45) is 0. The zero-order chi connectivity index (χ0) is 10.7. The first kappa shape index (κ1) is 11.8. The second-order valence-electron chi connectivity index (χ2n) is 3.07. The molecule has 4 heteroatoms. The fraction of sp³-hybridized carbons (Fsp3) is 0.400. The van der Waals surface area contributed by atoms with Crippen LogP contribution in [0.2, 0.25) is 10.0 Å². The molecule has 1 rings (SSSR count). The van der Waals surface area contributed by atoms with Gasteiger partial charge in [-0.25, -0.2) is 4.39 Å². The van der Waals surface area contributed by atoms with Crippen LogP contribution < -0.4 is 5.32 Å². The molecular weight excluding hydrogens is 224 g/mol. The number of benzene rings is 1. The minimum Gasteiger partial charge on any atom is -0.310 e. The summed E-state index contributed by atoms with van der Waals surface area (Å²) in [7, 11) is 0. The van der Waals surface area contributed by atoms with Crippen LogP contribution in [0.5, 0.6) is 0 Å². The highest BCUT2D eigenvalue weighted by Gasteiger charge is 2.12. The van der Waals surface area contributed by atoms with Crippen LogP contribution in [0, 0.1) is 5.82 Å². The lowest BCUT2D eigenvalue weighted by Gasteiger charge is -2.14. The van der Waals surface area contributed by atoms with E-state index in [2.05, 4.69) is 5.32 Å². The Morgan fingerprint density at radius 2 is 2.00 bits per heavy atom. The van der Waals surface area contributed by atoms with E-state index in [1.165, 1.54) is 12.1 Å². The monoisotopic (exact) mass is 235 g/mol. The Kier molecular flexibility index (Phi) is 4.17. The van der Waals surface area contributed by atoms with Gasteiger partial charge in [0.2, 0.25) is 0 Å². The van der Waals surface area contributed by atoms with Gasteiger partial charge < -0.3 is 5.32 Å². The van der Waals surface area contributed by atoms with Crippen molar-refractivity contribution >= 4 is 23.2 Å². The van der Waals surface area contributed by atoms with E-state index >= 15 is 0 Å². The Morgan fingerprint density at radius 1 is 1.36 bits per heavy atom. The van der Waals surface area contributed by atoms with Crippen LogP contribution in [0.3, 0.4) is 0 Å². The van der Waals surface area contributed by atoms with E-state index in [9.17, 15) is 4.39 Å². The quantitative estimate of drug-likeness (QED) is 0.787. The van der Waals surface area contributed by atoms with Crippen molar-refractivity contribution < 1.29 is 4.39 Å². The van der Waals surface area contributed by atoms with Crippen molar-refractivity contribution in [2.75, 3.05) is 6.54 Å². The average molecular weight is 236 g/mol. The second kappa shape index (κ2) is 4.96. The van der Waals surface area contributed by atoms with Gasteiger partial charge in [-0.15, -0.1) is 0 Å². The van der Waals surface area contributed by atoms with Crippen LogP contribution >= 0.6 is 23.2 Å². The Bertz CT molecular complexity index is 328. The standard InChI is InChI=1S/C10H12Cl2FN/c1-3-14-6(2)7-4-10(13)9(12)5-8(7)11/h4-6,14H,3H2,1-2H3. The van der Waals surface area contributed by atoms with E-state index < -0.39 is 5.82 Å². The molecule has 1 nitrogen and oxygen atoms in total. The molecule has 1 atom stereocenters. The summed E-state index contributed by atoms with van der Waals surface area (Å²) in [6, 6.07) is 2.83. The molecule has 0 amide bonds. The van der Waals surface area contributed by atoms with Crippen molar-refractivity contribution in [1.29, 1.82) is 0 Å². The topological polar surface area (TPSA) is 12.0 Å². The maximum atomic E-state index is 13.1. The molecule has 0 saturated heterocycles. The highest BCUT2D eigenvalue weighted by Crippen LogP contribution is 2.28. The van der Waals surface area contributed by atoms with Gasteiger partial charge in [0.1, 0.15) is 5.82 Å². The van der Waals surface area contributed by atoms with E-state index in [0.717, 1.165) is 12.1 Å². The summed E-state index contributed by atoms with van der Waals surface area (Å²) >= 11 is 11.5. The summed E-state index contributed by atoms with van der Waals surface area (Å²) in [6.45, 7) is 4.72. The lowest BCUT2D eigenvalue weighted by molar-refractivity contribution is 0.583. The fourth-order valence-corrected chi connectivity index (χ4v) is 1.83. The van der Waals surface area contributed by atoms with Gasteiger partial charge in [-0.2, -0.15) is 0 Å². The smallest absolute Gasteiger partial charge is 0.142 e. The van der Waals surface area contributed by atoms with Crippen LogP contribution in [0.15, 0.2) is 12.1 Å². The molecule has 14 heavy (non-hydrogen) atoms. The highest BCUT2D eigenvalue weighted by molar-refractivity contribution is 6.35. The molecule has 0 aromatic heterocycles. The lowest BCUT2D eigenvalue weighted by atomic mass is 10.1. The predicted molar refractivity (Wildman–Crippen MR) is 58.5 cm³/mol. The first-order chi connectivity index (χ1) is 6.56. The third-order valence-electron chi connectivity index (χ3n) is 2.02. The van der Waals surface area contributed by atoms with Gasteiger partial charge in [0, 0.05) is 11.1 Å². The van der Waals surface area contributed by atoms with Gasteiger partial charge in [-0.1, -0.05) is 30.1 Å². The average Bonchev–Trinajstić information content (AvgIpc) is 2.11. The van der Waals surface area contributed by atoms with Crippen molar-refractivity contribution in [1.82, 2.24) is 5.32 Å². The maximum Gasteiger partial charge on any atom is 0.142 e. The number of halogens is 3. The van der Waals surface area contributed by atoms with Crippen LogP contribution in [0.25, 0.3) is 0 Å². The molecule has 0 bridgehead atoms. The molecule has 1 aromatic carbocycles. The molecule has 0 aliphatic carbocycles. The summed E-state index contributed by atoms with van der Waals surface area (Å²) in [4.78, 5) is 0. The van der Waals surface area contributed by atoms with Crippen molar-refractivity contribution in [2.45, 2.75) is 19.9 Å². The molecule has 0 spiro atoms. The minimum atomic E-state index is -0.434. The molecule has 0 aliphatic heterocycles. The Morgan fingerprint density at radius 3 is 2.57 bits per heavy atom. The van der Waals surface area contributed by atoms with E-state index in [-0.39, 0.29) is 11.1 Å². The maximum absolute atomic E-state index is 13.1. The summed E-state index contributed by atoms with van der Waals surface area (Å²) < 4.78 is 13.1. The summed E-state index contributed by atoms with van der Waals surface area (Å²) in [5, 5.41) is 3.70. The van der Waals surface area contributed by atoms with Gasteiger partial charge >= 0.3 is 0 Å². The van der Waals surface area contributed by atoms with Gasteiger partial charge in [-0.05, 0) is 31.2 Å². The molecule has 0 aliphatic rings. The number of rotatable bonds is 3. The lowest BCUT2D eigenvalue weighted by Crippen LogP contribution is -2.18. The van der Waals surface area contributed by atoms with Gasteiger partial charge in [0.05, 0.1) is 5.02 Å². The highest BCUT2D eigenvalue weighted by atomic mass is 35.5. The SMILES string of the molecule is CCNC(C)c1cc(F)c(Cl)cc1Cl. The molecule has 0 fully saturated rings. The van der Waals surface area contributed by atoms with Gasteiger partial charge in [-0.3, -0.25) is 0 Å². The molecular formula is C10H12Cl2FN. The van der Waals surface area contributed by atoms with Crippen molar-refractivity contribution in [3.63, 3.8) is 0 Å². The largest absolute Gasteiger partial charge is 0.310 e.